The van der Waals surface area contributed by atoms with Crippen LogP contribution in [0.15, 0.2) is 24.3 Å². The highest BCUT2D eigenvalue weighted by molar-refractivity contribution is 6.01. The van der Waals surface area contributed by atoms with Crippen molar-refractivity contribution in [2.45, 2.75) is 83.0 Å². The zero-order valence-corrected chi connectivity index (χ0v) is 23.2. The van der Waals surface area contributed by atoms with E-state index in [-0.39, 0.29) is 47.9 Å². The number of hydrogen-bond donors (Lipinski definition) is 2. The average Bonchev–Trinajstić information content (AvgIpc) is 3.48. The van der Waals surface area contributed by atoms with E-state index in [1.165, 1.54) is 6.42 Å². The van der Waals surface area contributed by atoms with Gasteiger partial charge in [-0.15, -0.1) is 0 Å². The Bertz CT molecular complexity index is 1030. The van der Waals surface area contributed by atoms with E-state index in [2.05, 4.69) is 5.32 Å². The van der Waals surface area contributed by atoms with Crippen LogP contribution < -0.4 is 16.0 Å². The van der Waals surface area contributed by atoms with Crippen molar-refractivity contribution in [1.82, 2.24) is 15.1 Å². The van der Waals surface area contributed by atoms with Crippen LogP contribution in [0.1, 0.15) is 69.2 Å². The van der Waals surface area contributed by atoms with Crippen molar-refractivity contribution in [3.8, 4) is 0 Å². The molecule has 2 saturated heterocycles. The van der Waals surface area contributed by atoms with Gasteiger partial charge in [-0.05, 0) is 61.8 Å². The van der Waals surface area contributed by atoms with Crippen molar-refractivity contribution in [2.24, 2.45) is 17.6 Å². The van der Waals surface area contributed by atoms with Crippen molar-refractivity contribution in [3.05, 3.63) is 29.8 Å². The monoisotopic (exact) mass is 525 g/mol. The minimum atomic E-state index is -0.753. The van der Waals surface area contributed by atoms with Gasteiger partial charge in [0.05, 0.1) is 18.6 Å². The standard InChI is InChI=1S/C29H43N5O4/c1-18(2)16-22(31-27(36)20-10-12-21(13-11-20)32(3)4)28(37)33-15-14-23-26(33)24(35)17-34(23)29(38)25(30)19-8-6-5-7-9-19/h10-13,18-19,22-23,25-26H,5-9,14-17,30H2,1-4H3,(H,31,36)/t22-,23?,25-,26?/m0/s1. The Morgan fingerprint density at radius 3 is 2.26 bits per heavy atom. The first-order chi connectivity index (χ1) is 18.1. The van der Waals surface area contributed by atoms with Crippen molar-refractivity contribution in [1.29, 1.82) is 0 Å². The van der Waals surface area contributed by atoms with Gasteiger partial charge in [-0.2, -0.15) is 0 Å². The summed E-state index contributed by atoms with van der Waals surface area (Å²) in [5, 5.41) is 2.92. The lowest BCUT2D eigenvalue weighted by atomic mass is 9.83. The molecule has 38 heavy (non-hydrogen) atoms. The second-order valence-corrected chi connectivity index (χ2v) is 11.8. The number of fused-ring (bicyclic) bond motifs is 1. The van der Waals surface area contributed by atoms with Crippen molar-refractivity contribution in [3.63, 3.8) is 0 Å². The molecule has 2 unspecified atom stereocenters. The molecule has 2 aliphatic heterocycles. The zero-order chi connectivity index (χ0) is 27.6. The number of amides is 3. The number of likely N-dealkylation sites (tertiary alicyclic amines) is 2. The van der Waals surface area contributed by atoms with Gasteiger partial charge in [0.2, 0.25) is 11.8 Å². The fraction of sp³-hybridized carbons (Fsp3) is 0.655. The average molecular weight is 526 g/mol. The number of rotatable bonds is 8. The number of ketones is 1. The third-order valence-electron chi connectivity index (χ3n) is 8.39. The second-order valence-electron chi connectivity index (χ2n) is 11.8. The number of carbonyl (C=O) groups is 4. The summed E-state index contributed by atoms with van der Waals surface area (Å²) in [6.45, 7) is 4.37. The number of hydrogen-bond acceptors (Lipinski definition) is 6. The van der Waals surface area contributed by atoms with Crippen LogP contribution >= 0.6 is 0 Å². The van der Waals surface area contributed by atoms with Crippen LogP contribution in [0.5, 0.6) is 0 Å². The fourth-order valence-electron chi connectivity index (χ4n) is 6.29. The highest BCUT2D eigenvalue weighted by Crippen LogP contribution is 2.33. The molecule has 9 nitrogen and oxygen atoms in total. The molecular formula is C29H43N5O4. The Labute approximate surface area is 226 Å². The Morgan fingerprint density at radius 1 is 1.00 bits per heavy atom. The molecule has 1 aromatic rings. The summed E-state index contributed by atoms with van der Waals surface area (Å²) in [6, 6.07) is 4.84. The van der Waals surface area contributed by atoms with Gasteiger partial charge in [0.1, 0.15) is 12.1 Å². The molecular weight excluding hydrogens is 482 g/mol. The lowest BCUT2D eigenvalue weighted by Crippen LogP contribution is -2.53. The molecule has 4 atom stereocenters. The summed E-state index contributed by atoms with van der Waals surface area (Å²) in [6.07, 6.45) is 6.24. The van der Waals surface area contributed by atoms with Gasteiger partial charge < -0.3 is 25.8 Å². The molecule has 0 bridgehead atoms. The topological polar surface area (TPSA) is 116 Å². The molecule has 3 aliphatic rings. The van der Waals surface area contributed by atoms with Crippen molar-refractivity contribution < 1.29 is 19.2 Å². The van der Waals surface area contributed by atoms with Gasteiger partial charge in [-0.25, -0.2) is 0 Å². The molecule has 1 aromatic carbocycles. The van der Waals surface area contributed by atoms with Gasteiger partial charge in [0, 0.05) is 31.9 Å². The quantitative estimate of drug-likeness (QED) is 0.538. The van der Waals surface area contributed by atoms with Gasteiger partial charge in [0.15, 0.2) is 5.78 Å². The molecule has 9 heteroatoms. The minimum absolute atomic E-state index is 0.00219. The Balaban J connectivity index is 1.46. The minimum Gasteiger partial charge on any atom is -0.378 e. The SMILES string of the molecule is CC(C)C[C@H](NC(=O)c1ccc(N(C)C)cc1)C(=O)N1CCC2C1C(=O)CN2C(=O)[C@@H](N)C1CCCCC1. The van der Waals surface area contributed by atoms with E-state index in [1.807, 2.05) is 45.0 Å². The maximum Gasteiger partial charge on any atom is 0.251 e. The van der Waals surface area contributed by atoms with Crippen LogP contribution in [0.3, 0.4) is 0 Å². The summed E-state index contributed by atoms with van der Waals surface area (Å²) in [4.78, 5) is 58.5. The summed E-state index contributed by atoms with van der Waals surface area (Å²) in [5.74, 6) is -0.562. The number of anilines is 1. The van der Waals surface area contributed by atoms with Crippen molar-refractivity contribution >= 4 is 29.2 Å². The van der Waals surface area contributed by atoms with Crippen LogP contribution in [-0.4, -0.2) is 84.7 Å². The molecule has 1 saturated carbocycles. The maximum atomic E-state index is 13.8. The first kappa shape index (κ1) is 28.1. The molecule has 4 rings (SSSR count). The predicted octanol–water partition coefficient (Wildman–Crippen LogP) is 2.19. The Kier molecular flexibility index (Phi) is 8.75. The van der Waals surface area contributed by atoms with Crippen LogP contribution in [0.25, 0.3) is 0 Å². The van der Waals surface area contributed by atoms with Gasteiger partial charge in [-0.3, -0.25) is 19.2 Å². The number of Topliss-reactive ketones (excluding diaryl/α,β-unsaturated/α-hetero) is 1. The first-order valence-electron chi connectivity index (χ1n) is 14.1. The normalized spacial score (nSPS) is 23.4. The Morgan fingerprint density at radius 2 is 1.66 bits per heavy atom. The van der Waals surface area contributed by atoms with E-state index in [1.54, 1.807) is 21.9 Å². The van der Waals surface area contributed by atoms with Gasteiger partial charge >= 0.3 is 0 Å². The van der Waals surface area contributed by atoms with E-state index < -0.39 is 18.1 Å². The molecule has 3 amide bonds. The van der Waals surface area contributed by atoms with Gasteiger partial charge in [-0.1, -0.05) is 33.1 Å². The largest absolute Gasteiger partial charge is 0.378 e. The van der Waals surface area contributed by atoms with E-state index in [4.69, 9.17) is 5.73 Å². The number of benzene rings is 1. The maximum absolute atomic E-state index is 13.8. The first-order valence-corrected chi connectivity index (χ1v) is 14.1. The number of nitrogens with two attached hydrogens (primary N) is 1. The summed E-state index contributed by atoms with van der Waals surface area (Å²) in [7, 11) is 3.86. The smallest absolute Gasteiger partial charge is 0.251 e. The summed E-state index contributed by atoms with van der Waals surface area (Å²) in [5.41, 5.74) is 7.85. The number of carbonyl (C=O) groups excluding carboxylic acids is 4. The molecule has 208 valence electrons. The van der Waals surface area contributed by atoms with Crippen LogP contribution in [0, 0.1) is 11.8 Å². The van der Waals surface area contributed by atoms with E-state index in [0.717, 1.165) is 31.4 Å². The van der Waals surface area contributed by atoms with Crippen LogP contribution in [0.4, 0.5) is 5.69 Å². The predicted molar refractivity (Wildman–Crippen MR) is 147 cm³/mol. The summed E-state index contributed by atoms with van der Waals surface area (Å²) < 4.78 is 0. The molecule has 1 aliphatic carbocycles. The highest BCUT2D eigenvalue weighted by atomic mass is 16.2. The van der Waals surface area contributed by atoms with E-state index in [0.29, 0.717) is 24.9 Å². The van der Waals surface area contributed by atoms with E-state index in [9.17, 15) is 19.2 Å². The Hall–Kier alpha value is -2.94. The molecule has 3 fully saturated rings. The number of nitrogens with one attached hydrogen (secondary N) is 1. The van der Waals surface area contributed by atoms with Gasteiger partial charge in [0.25, 0.3) is 5.91 Å². The molecule has 3 N–H and O–H groups in total. The summed E-state index contributed by atoms with van der Waals surface area (Å²) >= 11 is 0. The third-order valence-corrected chi connectivity index (χ3v) is 8.39. The third kappa shape index (κ3) is 5.87. The molecule has 2 heterocycles. The van der Waals surface area contributed by atoms with Crippen LogP contribution in [0.2, 0.25) is 0 Å². The molecule has 0 radical (unpaired) electrons. The molecule has 0 aromatic heterocycles. The molecule has 0 spiro atoms. The number of nitrogens with zero attached hydrogens (tertiary/aromatic N) is 3. The van der Waals surface area contributed by atoms with Crippen LogP contribution in [-0.2, 0) is 14.4 Å². The van der Waals surface area contributed by atoms with E-state index >= 15 is 0 Å². The van der Waals surface area contributed by atoms with Crippen molar-refractivity contribution in [2.75, 3.05) is 32.1 Å². The second kappa shape index (κ2) is 11.8. The highest BCUT2D eigenvalue weighted by Gasteiger charge is 2.53. The fourth-order valence-corrected chi connectivity index (χ4v) is 6.29. The zero-order valence-electron chi connectivity index (χ0n) is 23.2. The lowest BCUT2D eigenvalue weighted by molar-refractivity contribution is -0.138. The lowest BCUT2D eigenvalue weighted by Gasteiger charge is -2.32.